The van der Waals surface area contributed by atoms with Crippen LogP contribution in [0.5, 0.6) is 0 Å². The Bertz CT molecular complexity index is 1320. The molecule has 14 unspecified atom stereocenters. The number of cyclic esters (lactones) is 1. The molecule has 2 aliphatic rings. The number of ether oxygens (including phenoxy) is 11. The van der Waals surface area contributed by atoms with Gasteiger partial charge in [0, 0.05) is 51.6 Å². The van der Waals surface area contributed by atoms with E-state index in [4.69, 9.17) is 52.1 Å². The predicted octanol–water partition coefficient (Wildman–Crippen LogP) is 8.76. The lowest BCUT2D eigenvalue weighted by Crippen LogP contribution is -2.47. The van der Waals surface area contributed by atoms with Crippen LogP contribution in [0.15, 0.2) is 36.0 Å². The van der Waals surface area contributed by atoms with Crippen molar-refractivity contribution >= 4 is 11.9 Å². The maximum Gasteiger partial charge on any atom is 0.309 e. The normalized spacial score (nSPS) is 30.5. The van der Waals surface area contributed by atoms with E-state index in [2.05, 4.69) is 13.8 Å². The molecule has 2 heterocycles. The molecule has 14 atom stereocenters. The molecule has 2 rings (SSSR count). The Hall–Kier alpha value is -2.20. The molecule has 0 saturated carbocycles. The summed E-state index contributed by atoms with van der Waals surface area (Å²) in [4.78, 5) is 26.2. The first kappa shape index (κ1) is 52.9. The number of allylic oxidation sites excluding steroid dienone is 2. The maximum absolute atomic E-state index is 13.7. The molecule has 1 fully saturated rings. The Balaban J connectivity index is 2.48. The van der Waals surface area contributed by atoms with Gasteiger partial charge in [-0.1, -0.05) is 45.1 Å². The summed E-state index contributed by atoms with van der Waals surface area (Å²) in [5.74, 6) is -1.02. The van der Waals surface area contributed by atoms with Gasteiger partial charge in [-0.15, -0.1) is 0 Å². The molecule has 0 bridgehead atoms. The van der Waals surface area contributed by atoms with E-state index < -0.39 is 60.3 Å². The van der Waals surface area contributed by atoms with Crippen LogP contribution in [-0.2, 0) is 61.7 Å². The van der Waals surface area contributed by atoms with Gasteiger partial charge >= 0.3 is 11.9 Å². The highest BCUT2D eigenvalue weighted by atomic mass is 16.7. The number of epoxide rings is 1. The lowest BCUT2D eigenvalue weighted by molar-refractivity contribution is -0.230. The van der Waals surface area contributed by atoms with Gasteiger partial charge in [0.05, 0.1) is 36.4 Å². The van der Waals surface area contributed by atoms with Crippen LogP contribution < -0.4 is 0 Å². The first-order valence-corrected chi connectivity index (χ1v) is 22.0. The SMILES string of the molecule is CCOC(C)OC1CCC(C)(OC(C)OCC)C(OC(C)=O)/C=C\C(C)C(/C(C)=C/C=C/C(C)(CC2OC2C(C)C(CC)OC(C)OCC)OC(C)OCC)OC(=O)C1. The molecule has 0 aliphatic carbocycles. The van der Waals surface area contributed by atoms with Crippen LogP contribution in [0.3, 0.4) is 0 Å². The van der Waals surface area contributed by atoms with E-state index in [1.807, 2.05) is 107 Å². The van der Waals surface area contributed by atoms with E-state index in [9.17, 15) is 9.59 Å². The van der Waals surface area contributed by atoms with Gasteiger partial charge in [-0.05, 0) is 107 Å². The van der Waals surface area contributed by atoms with Crippen molar-refractivity contribution in [1.82, 2.24) is 0 Å². The third-order valence-electron chi connectivity index (χ3n) is 10.8. The van der Waals surface area contributed by atoms with E-state index in [1.165, 1.54) is 6.92 Å². The van der Waals surface area contributed by atoms with E-state index in [0.717, 1.165) is 12.0 Å². The molecule has 0 aromatic carbocycles. The Morgan fingerprint density at radius 3 is 2.14 bits per heavy atom. The topological polar surface area (TPSA) is 139 Å². The molecule has 0 amide bonds. The third-order valence-corrected chi connectivity index (χ3v) is 10.8. The monoisotopic (exact) mass is 841 g/mol. The van der Waals surface area contributed by atoms with Crippen LogP contribution in [0.4, 0.5) is 0 Å². The smallest absolute Gasteiger partial charge is 0.309 e. The second-order valence-corrected chi connectivity index (χ2v) is 16.2. The summed E-state index contributed by atoms with van der Waals surface area (Å²) in [6, 6.07) is 0. The fourth-order valence-electron chi connectivity index (χ4n) is 7.85. The molecule has 342 valence electrons. The van der Waals surface area contributed by atoms with Crippen molar-refractivity contribution in [1.29, 1.82) is 0 Å². The zero-order chi connectivity index (χ0) is 44.3. The van der Waals surface area contributed by atoms with Gasteiger partial charge in [0.2, 0.25) is 0 Å². The fraction of sp³-hybridized carbons (Fsp3) is 0.826. The summed E-state index contributed by atoms with van der Waals surface area (Å²) in [6.07, 6.45) is 7.93. The lowest BCUT2D eigenvalue weighted by Gasteiger charge is -2.39. The molecule has 0 aromatic heterocycles. The zero-order valence-electron chi connectivity index (χ0n) is 39.0. The third kappa shape index (κ3) is 18.8. The second kappa shape index (κ2) is 26.3. The van der Waals surface area contributed by atoms with E-state index in [0.29, 0.717) is 45.7 Å². The van der Waals surface area contributed by atoms with Gasteiger partial charge in [-0.2, -0.15) is 0 Å². The highest BCUT2D eigenvalue weighted by Gasteiger charge is 2.49. The summed E-state index contributed by atoms with van der Waals surface area (Å²) < 4.78 is 66.7. The Morgan fingerprint density at radius 1 is 0.915 bits per heavy atom. The van der Waals surface area contributed by atoms with Crippen molar-refractivity contribution in [3.63, 3.8) is 0 Å². The number of rotatable bonds is 25. The molecule has 1 saturated heterocycles. The molecule has 13 nitrogen and oxygen atoms in total. The van der Waals surface area contributed by atoms with Gasteiger partial charge < -0.3 is 52.1 Å². The highest BCUT2D eigenvalue weighted by molar-refractivity contribution is 5.70. The number of hydrogen-bond acceptors (Lipinski definition) is 13. The molecule has 0 N–H and O–H groups in total. The molecule has 0 radical (unpaired) electrons. The van der Waals surface area contributed by atoms with Crippen molar-refractivity contribution in [2.45, 2.75) is 209 Å². The van der Waals surface area contributed by atoms with Crippen LogP contribution in [0.25, 0.3) is 0 Å². The standard InChI is InChI=1S/C46H80O13/c1-16-39(55-35(11)50-18-3)32(8)44-40(56-44)29-45(14,58-36(12)51-19-4)26-21-22-30(6)43-31(7)23-24-41(53-33(9)47)46(15,59-37(13)52-20-5)27-25-38(28-42(48)57-43)54-34(10)49-17-2/h21-24,26,31-32,34-41,43-44H,16-20,25,27-29H2,1-15H3/b24-23-,26-21+,30-22+. The number of esters is 2. The Labute approximate surface area is 356 Å². The summed E-state index contributed by atoms with van der Waals surface area (Å²) >= 11 is 0. The number of carbonyl (C=O) groups is 2. The fourth-order valence-corrected chi connectivity index (χ4v) is 7.85. The molecule has 13 heteroatoms. The van der Waals surface area contributed by atoms with Crippen molar-refractivity contribution in [2.24, 2.45) is 11.8 Å². The predicted molar refractivity (Wildman–Crippen MR) is 226 cm³/mol. The molecule has 0 aromatic rings. The highest BCUT2D eigenvalue weighted by Crippen LogP contribution is 2.40. The van der Waals surface area contributed by atoms with Crippen molar-refractivity contribution in [3.05, 3.63) is 36.0 Å². The summed E-state index contributed by atoms with van der Waals surface area (Å²) in [5, 5.41) is 0. The minimum atomic E-state index is -1.02. The Morgan fingerprint density at radius 2 is 1.53 bits per heavy atom. The quantitative estimate of drug-likeness (QED) is 0.0285. The average molecular weight is 841 g/mol. The largest absolute Gasteiger partial charge is 0.457 e. The zero-order valence-corrected chi connectivity index (χ0v) is 39.0. The molecular formula is C46H80O13. The van der Waals surface area contributed by atoms with E-state index in [1.54, 1.807) is 6.92 Å². The molecule has 2 aliphatic heterocycles. The first-order valence-electron chi connectivity index (χ1n) is 22.0. The van der Waals surface area contributed by atoms with Crippen LogP contribution >= 0.6 is 0 Å². The van der Waals surface area contributed by atoms with Crippen molar-refractivity contribution in [3.8, 4) is 0 Å². The second-order valence-electron chi connectivity index (χ2n) is 16.2. The molecule has 59 heavy (non-hydrogen) atoms. The van der Waals surface area contributed by atoms with Crippen LogP contribution in [-0.4, -0.2) is 111 Å². The minimum Gasteiger partial charge on any atom is -0.457 e. The van der Waals surface area contributed by atoms with Gasteiger partial charge in [-0.3, -0.25) is 9.59 Å². The van der Waals surface area contributed by atoms with Crippen LogP contribution in [0.1, 0.15) is 136 Å². The molecule has 0 spiro atoms. The van der Waals surface area contributed by atoms with Gasteiger partial charge in [-0.25, -0.2) is 0 Å². The first-order chi connectivity index (χ1) is 27.8. The lowest BCUT2D eigenvalue weighted by atomic mass is 9.88. The summed E-state index contributed by atoms with van der Waals surface area (Å²) in [7, 11) is 0. The van der Waals surface area contributed by atoms with Gasteiger partial charge in [0.15, 0.2) is 25.2 Å². The number of carbonyl (C=O) groups excluding carboxylic acids is 2. The molecular weight excluding hydrogens is 760 g/mol. The minimum absolute atomic E-state index is 0.00832. The Kier molecular flexibility index (Phi) is 23.6. The van der Waals surface area contributed by atoms with Crippen molar-refractivity contribution < 1.29 is 61.7 Å². The summed E-state index contributed by atoms with van der Waals surface area (Å²) in [5.41, 5.74) is -0.961. The van der Waals surface area contributed by atoms with Gasteiger partial charge in [0.1, 0.15) is 17.8 Å². The maximum atomic E-state index is 13.7. The van der Waals surface area contributed by atoms with E-state index >= 15 is 0 Å². The van der Waals surface area contributed by atoms with Crippen molar-refractivity contribution in [2.75, 3.05) is 26.4 Å². The average Bonchev–Trinajstić information content (AvgIpc) is 3.91. The van der Waals surface area contributed by atoms with Crippen LogP contribution in [0, 0.1) is 11.8 Å². The van der Waals surface area contributed by atoms with Gasteiger partial charge in [0.25, 0.3) is 0 Å². The van der Waals surface area contributed by atoms with E-state index in [-0.39, 0.29) is 42.9 Å². The number of hydrogen-bond donors (Lipinski definition) is 0. The van der Waals surface area contributed by atoms with Crippen LogP contribution in [0.2, 0.25) is 0 Å². The summed E-state index contributed by atoms with van der Waals surface area (Å²) in [6.45, 7) is 30.6.